The largest absolute Gasteiger partial charge is 0.508 e. The number of Topliss-reactive ketones (excluding diaryl/α,β-unsaturated/α-hetero) is 3. The molecule has 1 aliphatic rings. The average molecular weight is 304 g/mol. The number of phenols is 1. The summed E-state index contributed by atoms with van der Waals surface area (Å²) in [6.07, 6.45) is -0.212. The number of aliphatic hydroxyl groups is 1. The smallest absolute Gasteiger partial charge is 0.146 e. The van der Waals surface area contributed by atoms with E-state index in [-0.39, 0.29) is 29.5 Å². The predicted molar refractivity (Wildman–Crippen MR) is 79.4 cm³/mol. The molecule has 2 N–H and O–H groups in total. The quantitative estimate of drug-likeness (QED) is 0.828. The maximum atomic E-state index is 12.3. The molecule has 0 amide bonds. The Morgan fingerprint density at radius 1 is 1.14 bits per heavy atom. The van der Waals surface area contributed by atoms with Crippen molar-refractivity contribution in [2.24, 2.45) is 11.8 Å². The molecule has 22 heavy (non-hydrogen) atoms. The van der Waals surface area contributed by atoms with Crippen LogP contribution in [0.5, 0.6) is 5.75 Å². The topological polar surface area (TPSA) is 91.7 Å². The van der Waals surface area contributed by atoms with Crippen LogP contribution >= 0.6 is 0 Å². The molecule has 0 unspecified atom stereocenters. The van der Waals surface area contributed by atoms with Crippen LogP contribution in [0.1, 0.15) is 38.7 Å². The summed E-state index contributed by atoms with van der Waals surface area (Å²) in [5, 5.41) is 20.0. The Kier molecular flexibility index (Phi) is 4.20. The predicted octanol–water partition coefficient (Wildman–Crippen LogP) is 1.61. The molecule has 5 nitrogen and oxygen atoms in total. The summed E-state index contributed by atoms with van der Waals surface area (Å²) in [7, 11) is 0. The zero-order chi connectivity index (χ0) is 16.7. The van der Waals surface area contributed by atoms with Crippen LogP contribution in [0.15, 0.2) is 24.3 Å². The van der Waals surface area contributed by atoms with Crippen molar-refractivity contribution in [3.8, 4) is 5.75 Å². The van der Waals surface area contributed by atoms with Crippen molar-refractivity contribution in [3.05, 3.63) is 29.8 Å². The molecule has 4 atom stereocenters. The van der Waals surface area contributed by atoms with Gasteiger partial charge in [-0.25, -0.2) is 0 Å². The van der Waals surface area contributed by atoms with Crippen LogP contribution in [-0.4, -0.2) is 33.2 Å². The van der Waals surface area contributed by atoms with Crippen LogP contribution in [0.25, 0.3) is 0 Å². The van der Waals surface area contributed by atoms with E-state index in [9.17, 15) is 24.6 Å². The highest BCUT2D eigenvalue weighted by atomic mass is 16.3. The standard InChI is InChI=1S/C17H20O5/c1-9(18)14-13(21)8-17(3,22)16(10(2)19)15(14)11-4-6-12(20)7-5-11/h4-7,14-16,20,22H,8H2,1-3H3/t14-,15+,16-,17+/m1/s1. The minimum Gasteiger partial charge on any atom is -0.508 e. The fourth-order valence-electron chi connectivity index (χ4n) is 3.60. The molecule has 1 saturated carbocycles. The van der Waals surface area contributed by atoms with Gasteiger partial charge in [0.2, 0.25) is 0 Å². The molecule has 0 aromatic heterocycles. The summed E-state index contributed by atoms with van der Waals surface area (Å²) in [5.41, 5.74) is -0.899. The van der Waals surface area contributed by atoms with E-state index in [0.29, 0.717) is 5.56 Å². The molecule has 0 radical (unpaired) electrons. The molecule has 1 aromatic carbocycles. The van der Waals surface area contributed by atoms with Gasteiger partial charge >= 0.3 is 0 Å². The van der Waals surface area contributed by atoms with E-state index in [1.54, 1.807) is 12.1 Å². The van der Waals surface area contributed by atoms with E-state index in [0.717, 1.165) is 0 Å². The van der Waals surface area contributed by atoms with Crippen LogP contribution in [0.2, 0.25) is 0 Å². The van der Waals surface area contributed by atoms with Crippen LogP contribution < -0.4 is 0 Å². The molecule has 2 rings (SSSR count). The molecule has 1 fully saturated rings. The van der Waals surface area contributed by atoms with Crippen molar-refractivity contribution < 1.29 is 24.6 Å². The zero-order valence-corrected chi connectivity index (χ0v) is 12.9. The summed E-state index contributed by atoms with van der Waals surface area (Å²) < 4.78 is 0. The number of aromatic hydroxyl groups is 1. The van der Waals surface area contributed by atoms with Crippen LogP contribution in [0, 0.1) is 11.8 Å². The Labute approximate surface area is 129 Å². The Morgan fingerprint density at radius 2 is 1.68 bits per heavy atom. The number of rotatable bonds is 3. The summed E-state index contributed by atoms with van der Waals surface area (Å²) in [5.74, 6) is -3.38. The summed E-state index contributed by atoms with van der Waals surface area (Å²) >= 11 is 0. The van der Waals surface area contributed by atoms with Crippen LogP contribution in [-0.2, 0) is 14.4 Å². The monoisotopic (exact) mass is 304 g/mol. The van der Waals surface area contributed by atoms with E-state index in [4.69, 9.17) is 0 Å². The molecule has 5 heteroatoms. The fraction of sp³-hybridized carbons (Fsp3) is 0.471. The number of phenolic OH excluding ortho intramolecular Hbond substituents is 1. The number of hydrogen-bond donors (Lipinski definition) is 2. The van der Waals surface area contributed by atoms with Crippen molar-refractivity contribution in [3.63, 3.8) is 0 Å². The lowest BCUT2D eigenvalue weighted by Gasteiger charge is -2.44. The maximum absolute atomic E-state index is 12.3. The van der Waals surface area contributed by atoms with Gasteiger partial charge in [-0.1, -0.05) is 12.1 Å². The Hall–Kier alpha value is -2.01. The molecule has 1 aromatic rings. The van der Waals surface area contributed by atoms with Crippen molar-refractivity contribution in [1.29, 1.82) is 0 Å². The first-order chi connectivity index (χ1) is 10.1. The first-order valence-corrected chi connectivity index (χ1v) is 7.20. The summed E-state index contributed by atoms with van der Waals surface area (Å²) in [6, 6.07) is 6.05. The number of ketones is 3. The average Bonchev–Trinajstić information content (AvgIpc) is 2.36. The minimum atomic E-state index is -1.49. The van der Waals surface area contributed by atoms with Gasteiger partial charge in [-0.2, -0.15) is 0 Å². The number of carbonyl (C=O) groups is 3. The zero-order valence-electron chi connectivity index (χ0n) is 12.9. The van der Waals surface area contributed by atoms with Gasteiger partial charge < -0.3 is 10.2 Å². The molecular weight excluding hydrogens is 284 g/mol. The minimum absolute atomic E-state index is 0.0522. The first kappa shape index (κ1) is 16.4. The number of carbonyl (C=O) groups excluding carboxylic acids is 3. The third-order valence-corrected chi connectivity index (χ3v) is 4.42. The van der Waals surface area contributed by atoms with Crippen molar-refractivity contribution in [2.45, 2.75) is 38.7 Å². The summed E-state index contributed by atoms with van der Waals surface area (Å²) in [6.45, 7) is 4.15. The van der Waals surface area contributed by atoms with Gasteiger partial charge in [0.25, 0.3) is 0 Å². The highest BCUT2D eigenvalue weighted by Gasteiger charge is 2.53. The van der Waals surface area contributed by atoms with Crippen molar-refractivity contribution in [2.75, 3.05) is 0 Å². The maximum Gasteiger partial charge on any atom is 0.146 e. The van der Waals surface area contributed by atoms with Crippen LogP contribution in [0.3, 0.4) is 0 Å². The van der Waals surface area contributed by atoms with Gasteiger partial charge in [0.05, 0.1) is 17.4 Å². The third-order valence-electron chi connectivity index (χ3n) is 4.42. The van der Waals surface area contributed by atoms with E-state index < -0.39 is 23.4 Å². The van der Waals surface area contributed by atoms with Gasteiger partial charge in [-0.05, 0) is 38.5 Å². The number of hydrogen-bond acceptors (Lipinski definition) is 5. The number of benzene rings is 1. The highest BCUT2D eigenvalue weighted by Crippen LogP contribution is 2.46. The SMILES string of the molecule is CC(=O)[C@@H]1C(=O)C[C@](C)(O)[C@H](C(C)=O)[C@H]1c1ccc(O)cc1. The molecule has 0 bridgehead atoms. The molecule has 1 aliphatic carbocycles. The first-order valence-electron chi connectivity index (χ1n) is 7.20. The fourth-order valence-corrected chi connectivity index (χ4v) is 3.60. The second-order valence-electron chi connectivity index (χ2n) is 6.29. The van der Waals surface area contributed by atoms with Crippen molar-refractivity contribution >= 4 is 17.3 Å². The van der Waals surface area contributed by atoms with E-state index in [2.05, 4.69) is 0 Å². The lowest BCUT2D eigenvalue weighted by molar-refractivity contribution is -0.151. The lowest BCUT2D eigenvalue weighted by Crippen LogP contribution is -2.53. The highest BCUT2D eigenvalue weighted by molar-refractivity contribution is 6.05. The second-order valence-corrected chi connectivity index (χ2v) is 6.29. The van der Waals surface area contributed by atoms with E-state index in [1.807, 2.05) is 0 Å². The lowest BCUT2D eigenvalue weighted by atomic mass is 9.60. The van der Waals surface area contributed by atoms with Crippen LogP contribution in [0.4, 0.5) is 0 Å². The Bertz CT molecular complexity index is 614. The van der Waals surface area contributed by atoms with Gasteiger partial charge in [-0.15, -0.1) is 0 Å². The second kappa shape index (κ2) is 5.65. The molecular formula is C17H20O5. The Morgan fingerprint density at radius 3 is 2.14 bits per heavy atom. The van der Waals surface area contributed by atoms with E-state index in [1.165, 1.54) is 32.9 Å². The molecule has 0 saturated heterocycles. The molecule has 0 aliphatic heterocycles. The van der Waals surface area contributed by atoms with Gasteiger partial charge in [0, 0.05) is 12.3 Å². The Balaban J connectivity index is 2.61. The molecule has 0 heterocycles. The third kappa shape index (κ3) is 2.81. The normalized spacial score (nSPS) is 31.8. The van der Waals surface area contributed by atoms with Gasteiger partial charge in [0.1, 0.15) is 23.1 Å². The summed E-state index contributed by atoms with van der Waals surface area (Å²) in [4.78, 5) is 36.4. The van der Waals surface area contributed by atoms with Gasteiger partial charge in [-0.3, -0.25) is 14.4 Å². The van der Waals surface area contributed by atoms with Crippen molar-refractivity contribution in [1.82, 2.24) is 0 Å². The molecule has 0 spiro atoms. The molecule has 118 valence electrons. The van der Waals surface area contributed by atoms with E-state index >= 15 is 0 Å². The van der Waals surface area contributed by atoms with Gasteiger partial charge in [0.15, 0.2) is 0 Å².